The van der Waals surface area contributed by atoms with Gasteiger partial charge in [-0.2, -0.15) is 0 Å². The van der Waals surface area contributed by atoms with Gasteiger partial charge in [-0.15, -0.1) is 10.5 Å². The van der Waals surface area contributed by atoms with E-state index >= 15 is 0 Å². The Hall–Kier alpha value is -1.58. The Morgan fingerprint density at radius 2 is 2.18 bits per heavy atom. The summed E-state index contributed by atoms with van der Waals surface area (Å²) in [4.78, 5) is 0. The summed E-state index contributed by atoms with van der Waals surface area (Å²) in [6.07, 6.45) is 0. The Labute approximate surface area is 62.7 Å². The van der Waals surface area contributed by atoms with E-state index in [-0.39, 0.29) is 11.7 Å². The van der Waals surface area contributed by atoms with Gasteiger partial charge in [0.15, 0.2) is 5.84 Å². The van der Waals surface area contributed by atoms with E-state index in [0.717, 1.165) is 0 Å². The molecule has 0 atom stereocenters. The molecule has 0 saturated heterocycles. The van der Waals surface area contributed by atoms with Crippen LogP contribution in [0.2, 0.25) is 0 Å². The molecular formula is C7H5FN3. The summed E-state index contributed by atoms with van der Waals surface area (Å²) in [5.41, 5.74) is 9.84. The molecule has 4 heteroatoms. The van der Waals surface area contributed by atoms with Crippen molar-refractivity contribution in [2.45, 2.75) is 0 Å². The van der Waals surface area contributed by atoms with Crippen LogP contribution in [-0.4, -0.2) is 5.84 Å². The van der Waals surface area contributed by atoms with Crippen molar-refractivity contribution in [2.75, 3.05) is 0 Å². The van der Waals surface area contributed by atoms with E-state index in [1.165, 1.54) is 6.07 Å². The standard InChI is InChI=1S/C7H5FN3/c8-4-2-1-3-5-6(4)7(9)11-10-5/h1-3H,(H2,9,11). The van der Waals surface area contributed by atoms with E-state index < -0.39 is 0 Å². The average Bonchev–Trinajstić information content (AvgIpc) is 2.34. The summed E-state index contributed by atoms with van der Waals surface area (Å²) >= 11 is 0. The number of fused-ring (bicyclic) bond motifs is 1. The Morgan fingerprint density at radius 3 is 2.91 bits per heavy atom. The molecule has 0 amide bonds. The normalized spacial score (nSPS) is 13.7. The molecule has 1 aromatic carbocycles. The Bertz CT molecular complexity index is 332. The smallest absolute Gasteiger partial charge is 0.158 e. The first-order valence-corrected chi connectivity index (χ1v) is 3.12. The molecule has 1 heterocycles. The van der Waals surface area contributed by atoms with Crippen molar-refractivity contribution >= 4 is 11.5 Å². The van der Waals surface area contributed by atoms with Gasteiger partial charge >= 0.3 is 0 Å². The van der Waals surface area contributed by atoms with Gasteiger partial charge in [0, 0.05) is 0 Å². The van der Waals surface area contributed by atoms with Crippen molar-refractivity contribution in [1.29, 1.82) is 0 Å². The number of hydrogen-bond donors (Lipinski definition) is 1. The molecule has 55 valence electrons. The number of halogens is 1. The fraction of sp³-hybridized carbons (Fsp3) is 0. The fourth-order valence-corrected chi connectivity index (χ4v) is 1.01. The molecule has 0 unspecified atom stereocenters. The summed E-state index contributed by atoms with van der Waals surface area (Å²) in [6.45, 7) is 0. The summed E-state index contributed by atoms with van der Waals surface area (Å²) in [5, 5.41) is 3.54. The van der Waals surface area contributed by atoms with Crippen LogP contribution in [0.5, 0.6) is 0 Å². The molecule has 0 saturated carbocycles. The van der Waals surface area contributed by atoms with Crippen molar-refractivity contribution in [2.24, 2.45) is 10.8 Å². The van der Waals surface area contributed by atoms with Crippen molar-refractivity contribution in [3.05, 3.63) is 29.6 Å². The highest BCUT2D eigenvalue weighted by atomic mass is 19.1. The SMILES string of the molecule is NC1=N[N]c2cccc(F)c21. The second-order valence-corrected chi connectivity index (χ2v) is 2.22. The molecule has 0 spiro atoms. The molecular weight excluding hydrogens is 145 g/mol. The van der Waals surface area contributed by atoms with Crippen LogP contribution in [0.15, 0.2) is 23.3 Å². The molecule has 2 N–H and O–H groups in total. The van der Waals surface area contributed by atoms with Gasteiger partial charge in [0.25, 0.3) is 0 Å². The van der Waals surface area contributed by atoms with Gasteiger partial charge < -0.3 is 5.73 Å². The minimum Gasteiger partial charge on any atom is -0.382 e. The highest BCUT2D eigenvalue weighted by Crippen LogP contribution is 2.22. The van der Waals surface area contributed by atoms with Crippen LogP contribution in [0.25, 0.3) is 0 Å². The Morgan fingerprint density at radius 1 is 1.36 bits per heavy atom. The molecule has 11 heavy (non-hydrogen) atoms. The molecule has 1 aliphatic rings. The number of nitrogens with two attached hydrogens (primary N) is 1. The van der Waals surface area contributed by atoms with Crippen molar-refractivity contribution in [1.82, 2.24) is 5.43 Å². The number of amidine groups is 1. The average molecular weight is 150 g/mol. The monoisotopic (exact) mass is 150 g/mol. The van der Waals surface area contributed by atoms with Gasteiger partial charge in [-0.25, -0.2) is 4.39 Å². The van der Waals surface area contributed by atoms with Gasteiger partial charge in [-0.05, 0) is 12.1 Å². The van der Waals surface area contributed by atoms with Crippen LogP contribution in [0.4, 0.5) is 10.1 Å². The van der Waals surface area contributed by atoms with Gasteiger partial charge in [-0.1, -0.05) is 6.07 Å². The third-order valence-corrected chi connectivity index (χ3v) is 1.51. The number of rotatable bonds is 0. The largest absolute Gasteiger partial charge is 0.382 e. The van der Waals surface area contributed by atoms with Crippen LogP contribution in [0.1, 0.15) is 5.56 Å². The summed E-state index contributed by atoms with van der Waals surface area (Å²) in [6, 6.07) is 4.58. The fourth-order valence-electron chi connectivity index (χ4n) is 1.01. The predicted octanol–water partition coefficient (Wildman–Crippen LogP) is 0.696. The highest BCUT2D eigenvalue weighted by molar-refractivity contribution is 6.04. The molecule has 0 fully saturated rings. The third kappa shape index (κ3) is 0.756. The minimum atomic E-state index is -0.370. The predicted molar refractivity (Wildman–Crippen MR) is 38.9 cm³/mol. The quantitative estimate of drug-likeness (QED) is 0.581. The van der Waals surface area contributed by atoms with Crippen LogP contribution in [-0.2, 0) is 0 Å². The Balaban J connectivity index is 2.67. The van der Waals surface area contributed by atoms with Crippen molar-refractivity contribution < 1.29 is 4.39 Å². The highest BCUT2D eigenvalue weighted by Gasteiger charge is 2.18. The lowest BCUT2D eigenvalue weighted by Crippen LogP contribution is -2.11. The first-order valence-electron chi connectivity index (χ1n) is 3.12. The maximum atomic E-state index is 12.9. The number of benzene rings is 1. The molecule has 1 radical (unpaired) electrons. The zero-order valence-corrected chi connectivity index (χ0v) is 5.58. The van der Waals surface area contributed by atoms with E-state index in [2.05, 4.69) is 10.5 Å². The molecule has 0 aliphatic carbocycles. The molecule has 0 bridgehead atoms. The lowest BCUT2D eigenvalue weighted by Gasteiger charge is -1.96. The van der Waals surface area contributed by atoms with Crippen LogP contribution >= 0.6 is 0 Å². The molecule has 3 nitrogen and oxygen atoms in total. The number of nitrogens with zero attached hydrogens (tertiary/aromatic N) is 2. The second kappa shape index (κ2) is 1.95. The molecule has 2 rings (SSSR count). The van der Waals surface area contributed by atoms with Gasteiger partial charge in [0.1, 0.15) is 5.82 Å². The number of hydrogen-bond acceptors (Lipinski definition) is 2. The van der Waals surface area contributed by atoms with Crippen LogP contribution in [0.3, 0.4) is 0 Å². The van der Waals surface area contributed by atoms with E-state index in [1.807, 2.05) is 0 Å². The first kappa shape index (κ1) is 6.15. The van der Waals surface area contributed by atoms with Gasteiger partial charge in [-0.3, -0.25) is 0 Å². The minimum absolute atomic E-state index is 0.151. The van der Waals surface area contributed by atoms with E-state index in [4.69, 9.17) is 5.73 Å². The summed E-state index contributed by atoms with van der Waals surface area (Å²) < 4.78 is 12.9. The first-order chi connectivity index (χ1) is 5.29. The van der Waals surface area contributed by atoms with E-state index in [1.54, 1.807) is 12.1 Å². The maximum absolute atomic E-state index is 12.9. The Kier molecular flexibility index (Phi) is 1.09. The topological polar surface area (TPSA) is 52.5 Å². The van der Waals surface area contributed by atoms with E-state index in [9.17, 15) is 4.39 Å². The van der Waals surface area contributed by atoms with Crippen LogP contribution in [0, 0.1) is 5.82 Å². The van der Waals surface area contributed by atoms with Crippen LogP contribution < -0.4 is 11.2 Å². The summed E-state index contributed by atoms with van der Waals surface area (Å²) in [5.74, 6) is -0.219. The zero-order valence-electron chi connectivity index (χ0n) is 5.58. The van der Waals surface area contributed by atoms with E-state index in [0.29, 0.717) is 11.3 Å². The maximum Gasteiger partial charge on any atom is 0.158 e. The van der Waals surface area contributed by atoms with Gasteiger partial charge in [0.2, 0.25) is 0 Å². The lowest BCUT2D eigenvalue weighted by molar-refractivity contribution is 0.626. The summed E-state index contributed by atoms with van der Waals surface area (Å²) in [7, 11) is 0. The second-order valence-electron chi connectivity index (χ2n) is 2.22. The van der Waals surface area contributed by atoms with Crippen molar-refractivity contribution in [3.63, 3.8) is 0 Å². The molecule has 1 aromatic rings. The molecule has 0 aromatic heterocycles. The molecule has 1 aliphatic heterocycles. The lowest BCUT2D eigenvalue weighted by atomic mass is 10.1. The van der Waals surface area contributed by atoms with Gasteiger partial charge in [0.05, 0.1) is 11.3 Å². The zero-order chi connectivity index (χ0) is 7.84. The third-order valence-electron chi connectivity index (χ3n) is 1.51. The van der Waals surface area contributed by atoms with Crippen molar-refractivity contribution in [3.8, 4) is 0 Å².